The van der Waals surface area contributed by atoms with Gasteiger partial charge in [0, 0.05) is 11.4 Å². The number of carbonyl (C=O) groups is 1. The number of aromatic nitrogens is 3. The van der Waals surface area contributed by atoms with E-state index in [-0.39, 0.29) is 30.6 Å². The predicted molar refractivity (Wildman–Crippen MR) is 102 cm³/mol. The Hall–Kier alpha value is -2.74. The third-order valence-corrected chi connectivity index (χ3v) is 4.87. The van der Waals surface area contributed by atoms with Crippen molar-refractivity contribution in [2.24, 2.45) is 0 Å². The first kappa shape index (κ1) is 18.1. The molecule has 0 aliphatic rings. The van der Waals surface area contributed by atoms with Gasteiger partial charge in [-0.05, 0) is 30.4 Å². The number of rotatable bonds is 6. The number of hydrogen-bond donors (Lipinski definition) is 1. The molecule has 3 rings (SSSR count). The SMILES string of the molecule is CCC(C)NC(=O)Cn1c(=O)n(Cc2ccccc2)c(=O)c2nscc21. The molecule has 8 heteroatoms. The molecule has 2 heterocycles. The molecule has 1 aromatic carbocycles. The molecular weight excluding hydrogens is 352 g/mol. The van der Waals surface area contributed by atoms with Crippen molar-refractivity contribution in [2.45, 2.75) is 39.4 Å². The van der Waals surface area contributed by atoms with Crippen LogP contribution in [0.5, 0.6) is 0 Å². The lowest BCUT2D eigenvalue weighted by Crippen LogP contribution is -2.43. The van der Waals surface area contributed by atoms with Crippen LogP contribution in [0.1, 0.15) is 25.8 Å². The van der Waals surface area contributed by atoms with Crippen molar-refractivity contribution in [1.29, 1.82) is 0 Å². The summed E-state index contributed by atoms with van der Waals surface area (Å²) < 4.78 is 6.58. The van der Waals surface area contributed by atoms with Gasteiger partial charge < -0.3 is 5.32 Å². The van der Waals surface area contributed by atoms with Gasteiger partial charge in [0.2, 0.25) is 5.91 Å². The number of fused-ring (bicyclic) bond motifs is 1. The Bertz CT molecular complexity index is 1040. The second-order valence-corrected chi connectivity index (χ2v) is 6.80. The highest BCUT2D eigenvalue weighted by molar-refractivity contribution is 7.04. The van der Waals surface area contributed by atoms with E-state index in [1.54, 1.807) is 5.38 Å². The Morgan fingerprint density at radius 3 is 2.65 bits per heavy atom. The highest BCUT2D eigenvalue weighted by Crippen LogP contribution is 2.10. The van der Waals surface area contributed by atoms with Crippen LogP contribution in [0.2, 0.25) is 0 Å². The maximum atomic E-state index is 12.9. The molecule has 1 amide bonds. The molecule has 7 nitrogen and oxygen atoms in total. The van der Waals surface area contributed by atoms with E-state index in [0.29, 0.717) is 5.52 Å². The summed E-state index contributed by atoms with van der Waals surface area (Å²) >= 11 is 1.10. The summed E-state index contributed by atoms with van der Waals surface area (Å²) in [6.07, 6.45) is 0.795. The molecule has 0 saturated carbocycles. The molecule has 0 radical (unpaired) electrons. The molecule has 136 valence electrons. The zero-order valence-electron chi connectivity index (χ0n) is 14.6. The van der Waals surface area contributed by atoms with Gasteiger partial charge >= 0.3 is 5.69 Å². The van der Waals surface area contributed by atoms with Gasteiger partial charge in [-0.15, -0.1) is 0 Å². The fourth-order valence-electron chi connectivity index (χ4n) is 2.66. The summed E-state index contributed by atoms with van der Waals surface area (Å²) in [5.74, 6) is -0.265. The topological polar surface area (TPSA) is 86.0 Å². The first-order valence-corrected chi connectivity index (χ1v) is 9.26. The molecule has 1 unspecified atom stereocenters. The predicted octanol–water partition coefficient (Wildman–Crippen LogP) is 1.58. The van der Waals surface area contributed by atoms with Gasteiger partial charge in [-0.25, -0.2) is 4.79 Å². The van der Waals surface area contributed by atoms with E-state index in [0.717, 1.165) is 28.1 Å². The Balaban J connectivity index is 2.05. The van der Waals surface area contributed by atoms with Gasteiger partial charge in [-0.1, -0.05) is 37.3 Å². The van der Waals surface area contributed by atoms with Crippen molar-refractivity contribution in [3.05, 3.63) is 62.1 Å². The first-order valence-electron chi connectivity index (χ1n) is 8.42. The molecule has 1 N–H and O–H groups in total. The molecular formula is C18H20N4O3S. The van der Waals surface area contributed by atoms with Crippen LogP contribution < -0.4 is 16.6 Å². The van der Waals surface area contributed by atoms with Crippen molar-refractivity contribution in [2.75, 3.05) is 0 Å². The zero-order chi connectivity index (χ0) is 18.7. The summed E-state index contributed by atoms with van der Waals surface area (Å²) in [7, 11) is 0. The summed E-state index contributed by atoms with van der Waals surface area (Å²) in [5.41, 5.74) is 0.493. The van der Waals surface area contributed by atoms with Gasteiger partial charge in [0.05, 0.1) is 12.1 Å². The molecule has 3 aromatic rings. The van der Waals surface area contributed by atoms with Crippen molar-refractivity contribution in [3.63, 3.8) is 0 Å². The molecule has 0 saturated heterocycles. The summed E-state index contributed by atoms with van der Waals surface area (Å²) in [4.78, 5) is 37.9. The van der Waals surface area contributed by atoms with Gasteiger partial charge in [0.1, 0.15) is 6.54 Å². The van der Waals surface area contributed by atoms with Crippen molar-refractivity contribution in [1.82, 2.24) is 18.8 Å². The standard InChI is InChI=1S/C18H20N4O3S/c1-3-12(2)19-15(23)10-21-14-11-26-20-16(14)17(24)22(18(21)25)9-13-7-5-4-6-8-13/h4-8,11-12H,3,9-10H2,1-2H3,(H,19,23). The molecule has 1 atom stereocenters. The third kappa shape index (κ3) is 3.60. The van der Waals surface area contributed by atoms with Gasteiger partial charge in [-0.3, -0.25) is 18.7 Å². The second kappa shape index (κ2) is 7.65. The molecule has 0 bridgehead atoms. The second-order valence-electron chi connectivity index (χ2n) is 6.17. The van der Waals surface area contributed by atoms with Crippen LogP contribution in [0.25, 0.3) is 11.0 Å². The minimum Gasteiger partial charge on any atom is -0.352 e. The molecule has 0 spiro atoms. The van der Waals surface area contributed by atoms with E-state index in [2.05, 4.69) is 9.69 Å². The normalized spacial score (nSPS) is 12.2. The molecule has 26 heavy (non-hydrogen) atoms. The zero-order valence-corrected chi connectivity index (χ0v) is 15.5. The number of carbonyl (C=O) groups excluding carboxylic acids is 1. The minimum absolute atomic E-state index is 0.0181. The Labute approximate surface area is 154 Å². The van der Waals surface area contributed by atoms with Crippen LogP contribution in [-0.4, -0.2) is 25.5 Å². The maximum Gasteiger partial charge on any atom is 0.332 e. The van der Waals surface area contributed by atoms with E-state index in [9.17, 15) is 14.4 Å². The first-order chi connectivity index (χ1) is 12.5. The highest BCUT2D eigenvalue weighted by atomic mass is 32.1. The van der Waals surface area contributed by atoms with Crippen molar-refractivity contribution in [3.8, 4) is 0 Å². The van der Waals surface area contributed by atoms with Gasteiger partial charge in [-0.2, -0.15) is 4.37 Å². The molecule has 2 aromatic heterocycles. The van der Waals surface area contributed by atoms with Crippen LogP contribution in [-0.2, 0) is 17.9 Å². The maximum absolute atomic E-state index is 12.9. The van der Waals surface area contributed by atoms with Crippen LogP contribution in [0, 0.1) is 0 Å². The monoisotopic (exact) mass is 372 g/mol. The quantitative estimate of drug-likeness (QED) is 0.712. The summed E-state index contributed by atoms with van der Waals surface area (Å²) in [6, 6.07) is 9.27. The number of hydrogen-bond acceptors (Lipinski definition) is 5. The average Bonchev–Trinajstić information content (AvgIpc) is 3.13. The van der Waals surface area contributed by atoms with E-state index < -0.39 is 11.2 Å². The van der Waals surface area contributed by atoms with Crippen LogP contribution in [0.4, 0.5) is 0 Å². The van der Waals surface area contributed by atoms with Crippen LogP contribution in [0.3, 0.4) is 0 Å². The average molecular weight is 372 g/mol. The fourth-order valence-corrected chi connectivity index (χ4v) is 3.33. The highest BCUT2D eigenvalue weighted by Gasteiger charge is 2.18. The van der Waals surface area contributed by atoms with E-state index >= 15 is 0 Å². The number of amides is 1. The smallest absolute Gasteiger partial charge is 0.332 e. The molecule has 0 aliphatic carbocycles. The minimum atomic E-state index is -0.508. The van der Waals surface area contributed by atoms with Crippen LogP contribution >= 0.6 is 11.5 Å². The lowest BCUT2D eigenvalue weighted by Gasteiger charge is -2.14. The van der Waals surface area contributed by atoms with Crippen molar-refractivity contribution >= 4 is 28.5 Å². The summed E-state index contributed by atoms with van der Waals surface area (Å²) in [5, 5.41) is 4.47. The van der Waals surface area contributed by atoms with Crippen molar-refractivity contribution < 1.29 is 4.79 Å². The lowest BCUT2D eigenvalue weighted by atomic mass is 10.2. The van der Waals surface area contributed by atoms with E-state index in [1.165, 1.54) is 4.57 Å². The largest absolute Gasteiger partial charge is 0.352 e. The Kier molecular flexibility index (Phi) is 5.32. The van der Waals surface area contributed by atoms with E-state index in [1.807, 2.05) is 44.2 Å². The number of nitrogens with zero attached hydrogens (tertiary/aromatic N) is 3. The Morgan fingerprint density at radius 1 is 1.23 bits per heavy atom. The fraction of sp³-hybridized carbons (Fsp3) is 0.333. The lowest BCUT2D eigenvalue weighted by molar-refractivity contribution is -0.122. The third-order valence-electron chi connectivity index (χ3n) is 4.26. The van der Waals surface area contributed by atoms with E-state index in [4.69, 9.17) is 0 Å². The van der Waals surface area contributed by atoms with Gasteiger partial charge in [0.25, 0.3) is 5.56 Å². The number of benzene rings is 1. The Morgan fingerprint density at radius 2 is 1.96 bits per heavy atom. The van der Waals surface area contributed by atoms with Crippen LogP contribution in [0.15, 0.2) is 45.3 Å². The number of nitrogens with one attached hydrogen (secondary N) is 1. The summed E-state index contributed by atoms with van der Waals surface area (Å²) in [6.45, 7) is 3.86. The molecule has 0 aliphatic heterocycles. The molecule has 0 fully saturated rings. The van der Waals surface area contributed by atoms with Gasteiger partial charge in [0.15, 0.2) is 5.52 Å².